The first kappa shape index (κ1) is 13.1. The largest absolute Gasteiger partial charge is 0.356 e. The zero-order chi connectivity index (χ0) is 15.3. The first-order valence-corrected chi connectivity index (χ1v) is 7.27. The van der Waals surface area contributed by atoms with Gasteiger partial charge in [-0.15, -0.1) is 0 Å². The molecule has 2 aromatic rings. The molecule has 4 rings (SSSR count). The molecule has 3 amide bonds. The zero-order valence-corrected chi connectivity index (χ0v) is 12.2. The molecule has 0 saturated carbocycles. The Labute approximate surface area is 126 Å². The number of aryl methyl sites for hydroxylation is 1. The third kappa shape index (κ3) is 1.83. The van der Waals surface area contributed by atoms with E-state index in [0.717, 1.165) is 17.2 Å². The Morgan fingerprint density at radius 3 is 2.73 bits per heavy atom. The van der Waals surface area contributed by atoms with E-state index in [2.05, 4.69) is 25.6 Å². The molecule has 0 aliphatic carbocycles. The van der Waals surface area contributed by atoms with Crippen LogP contribution in [0.5, 0.6) is 0 Å². The van der Waals surface area contributed by atoms with Crippen molar-refractivity contribution < 1.29 is 9.59 Å². The molecule has 2 N–H and O–H groups in total. The van der Waals surface area contributed by atoms with E-state index in [-0.39, 0.29) is 5.91 Å². The minimum atomic E-state index is -0.751. The van der Waals surface area contributed by atoms with Crippen LogP contribution in [0, 0.1) is 6.92 Å². The SMILES string of the molecule is Cc1cc(N2CCC3(CC2)NC(=O)NC3=O)n2nccc2n1. The average molecular weight is 300 g/mol. The van der Waals surface area contributed by atoms with Gasteiger partial charge in [0.15, 0.2) is 5.65 Å². The van der Waals surface area contributed by atoms with Gasteiger partial charge in [0.2, 0.25) is 0 Å². The maximum absolute atomic E-state index is 12.0. The van der Waals surface area contributed by atoms with Crippen molar-refractivity contribution in [3.05, 3.63) is 24.0 Å². The van der Waals surface area contributed by atoms with Crippen LogP contribution in [0.3, 0.4) is 0 Å². The van der Waals surface area contributed by atoms with Crippen molar-refractivity contribution in [2.45, 2.75) is 25.3 Å². The van der Waals surface area contributed by atoms with Crippen LogP contribution in [0.2, 0.25) is 0 Å². The molecule has 8 nitrogen and oxygen atoms in total. The van der Waals surface area contributed by atoms with Crippen molar-refractivity contribution in [3.8, 4) is 0 Å². The van der Waals surface area contributed by atoms with Crippen LogP contribution in [0.25, 0.3) is 5.65 Å². The van der Waals surface area contributed by atoms with Crippen molar-refractivity contribution in [2.75, 3.05) is 18.0 Å². The van der Waals surface area contributed by atoms with Gasteiger partial charge in [-0.25, -0.2) is 9.78 Å². The molecule has 4 heterocycles. The number of imide groups is 1. The summed E-state index contributed by atoms with van der Waals surface area (Å²) < 4.78 is 1.80. The van der Waals surface area contributed by atoms with Crippen molar-refractivity contribution >= 4 is 23.4 Å². The van der Waals surface area contributed by atoms with Gasteiger partial charge in [0.05, 0.1) is 6.20 Å². The number of nitrogens with one attached hydrogen (secondary N) is 2. The number of hydrogen-bond acceptors (Lipinski definition) is 5. The predicted molar refractivity (Wildman–Crippen MR) is 78.6 cm³/mol. The van der Waals surface area contributed by atoms with E-state index in [4.69, 9.17) is 0 Å². The standard InChI is InChI=1S/C14H16N6O2/c1-9-8-11(20-10(16-9)2-5-15-20)19-6-3-14(4-7-19)12(21)17-13(22)18-14/h2,5,8H,3-4,6-7H2,1H3,(H2,17,18,21,22). The van der Waals surface area contributed by atoms with E-state index in [1.807, 2.05) is 19.1 Å². The number of amides is 3. The average Bonchev–Trinajstić information content (AvgIpc) is 3.04. The molecule has 2 aromatic heterocycles. The fourth-order valence-corrected chi connectivity index (χ4v) is 3.24. The minimum absolute atomic E-state index is 0.215. The van der Waals surface area contributed by atoms with Crippen LogP contribution in [0.1, 0.15) is 18.5 Å². The molecule has 114 valence electrons. The van der Waals surface area contributed by atoms with E-state index in [1.54, 1.807) is 10.7 Å². The Morgan fingerprint density at radius 1 is 1.27 bits per heavy atom. The summed E-state index contributed by atoms with van der Waals surface area (Å²) in [6.07, 6.45) is 2.88. The molecule has 0 unspecified atom stereocenters. The van der Waals surface area contributed by atoms with Gasteiger partial charge in [0.1, 0.15) is 11.4 Å². The third-order valence-corrected chi connectivity index (χ3v) is 4.42. The summed E-state index contributed by atoms with van der Waals surface area (Å²) in [5, 5.41) is 9.42. The highest BCUT2D eigenvalue weighted by Gasteiger charge is 2.48. The number of anilines is 1. The molecule has 2 aliphatic heterocycles. The van der Waals surface area contributed by atoms with Gasteiger partial charge in [-0.1, -0.05) is 0 Å². The van der Waals surface area contributed by atoms with Crippen LogP contribution < -0.4 is 15.5 Å². The van der Waals surface area contributed by atoms with Crippen LogP contribution in [-0.4, -0.2) is 45.2 Å². The Morgan fingerprint density at radius 2 is 2.05 bits per heavy atom. The second-order valence-electron chi connectivity index (χ2n) is 5.83. The molecule has 0 radical (unpaired) electrons. The number of fused-ring (bicyclic) bond motifs is 1. The number of nitrogens with zero attached hydrogens (tertiary/aromatic N) is 4. The first-order chi connectivity index (χ1) is 10.6. The van der Waals surface area contributed by atoms with E-state index < -0.39 is 11.6 Å². The summed E-state index contributed by atoms with van der Waals surface area (Å²) in [6, 6.07) is 3.46. The van der Waals surface area contributed by atoms with Gasteiger partial charge in [0, 0.05) is 30.9 Å². The van der Waals surface area contributed by atoms with Gasteiger partial charge < -0.3 is 10.2 Å². The number of hydrogen-bond donors (Lipinski definition) is 2. The fourth-order valence-electron chi connectivity index (χ4n) is 3.24. The molecule has 22 heavy (non-hydrogen) atoms. The normalized spacial score (nSPS) is 20.5. The quantitative estimate of drug-likeness (QED) is 0.735. The topological polar surface area (TPSA) is 91.6 Å². The lowest BCUT2D eigenvalue weighted by molar-refractivity contribution is -0.124. The molecule has 0 atom stereocenters. The highest BCUT2D eigenvalue weighted by Crippen LogP contribution is 2.29. The van der Waals surface area contributed by atoms with E-state index in [0.29, 0.717) is 25.9 Å². The van der Waals surface area contributed by atoms with Crippen molar-refractivity contribution in [2.24, 2.45) is 0 Å². The molecular weight excluding hydrogens is 284 g/mol. The Kier molecular flexibility index (Phi) is 2.63. The first-order valence-electron chi connectivity index (χ1n) is 7.27. The summed E-state index contributed by atoms with van der Waals surface area (Å²) in [5.74, 6) is 0.749. The second kappa shape index (κ2) is 4.43. The summed E-state index contributed by atoms with van der Waals surface area (Å²) in [4.78, 5) is 30.0. The number of carbonyl (C=O) groups is 2. The van der Waals surface area contributed by atoms with Gasteiger partial charge in [-0.3, -0.25) is 10.1 Å². The third-order valence-electron chi connectivity index (χ3n) is 4.42. The van der Waals surface area contributed by atoms with Gasteiger partial charge in [-0.05, 0) is 19.8 Å². The summed E-state index contributed by atoms with van der Waals surface area (Å²) in [7, 11) is 0. The minimum Gasteiger partial charge on any atom is -0.356 e. The van der Waals surface area contributed by atoms with Crippen LogP contribution in [0.4, 0.5) is 10.6 Å². The van der Waals surface area contributed by atoms with Crippen LogP contribution in [0.15, 0.2) is 18.3 Å². The highest BCUT2D eigenvalue weighted by molar-refractivity contribution is 6.07. The summed E-state index contributed by atoms with van der Waals surface area (Å²) in [6.45, 7) is 3.30. The fraction of sp³-hybridized carbons (Fsp3) is 0.429. The summed E-state index contributed by atoms with van der Waals surface area (Å²) >= 11 is 0. The Hall–Kier alpha value is -2.64. The van der Waals surface area contributed by atoms with Crippen LogP contribution in [-0.2, 0) is 4.79 Å². The van der Waals surface area contributed by atoms with Crippen molar-refractivity contribution in [1.29, 1.82) is 0 Å². The molecule has 0 bridgehead atoms. The van der Waals surface area contributed by atoms with Crippen molar-refractivity contribution in [1.82, 2.24) is 25.2 Å². The smallest absolute Gasteiger partial charge is 0.322 e. The summed E-state index contributed by atoms with van der Waals surface area (Å²) in [5.41, 5.74) is 0.983. The number of aromatic nitrogens is 3. The van der Waals surface area contributed by atoms with Gasteiger partial charge >= 0.3 is 6.03 Å². The number of urea groups is 1. The molecule has 2 fully saturated rings. The highest BCUT2D eigenvalue weighted by atomic mass is 16.2. The van der Waals surface area contributed by atoms with Crippen molar-refractivity contribution in [3.63, 3.8) is 0 Å². The lowest BCUT2D eigenvalue weighted by atomic mass is 9.88. The zero-order valence-electron chi connectivity index (χ0n) is 12.2. The van der Waals surface area contributed by atoms with E-state index >= 15 is 0 Å². The predicted octanol–water partition coefficient (Wildman–Crippen LogP) is 0.216. The number of piperidine rings is 1. The Balaban J connectivity index is 1.62. The van der Waals surface area contributed by atoms with E-state index in [1.165, 1.54) is 0 Å². The monoisotopic (exact) mass is 300 g/mol. The molecule has 8 heteroatoms. The maximum Gasteiger partial charge on any atom is 0.322 e. The second-order valence-corrected chi connectivity index (χ2v) is 5.83. The lowest BCUT2D eigenvalue weighted by Gasteiger charge is -2.38. The number of rotatable bonds is 1. The molecule has 1 spiro atoms. The lowest BCUT2D eigenvalue weighted by Crippen LogP contribution is -2.55. The van der Waals surface area contributed by atoms with Gasteiger partial charge in [-0.2, -0.15) is 9.61 Å². The van der Waals surface area contributed by atoms with Crippen LogP contribution >= 0.6 is 0 Å². The number of carbonyl (C=O) groups excluding carboxylic acids is 2. The molecular formula is C14H16N6O2. The van der Waals surface area contributed by atoms with Gasteiger partial charge in [0.25, 0.3) is 5.91 Å². The molecule has 2 aliphatic rings. The maximum atomic E-state index is 12.0. The Bertz CT molecular complexity index is 775. The molecule has 2 saturated heterocycles. The molecule has 0 aromatic carbocycles. The van der Waals surface area contributed by atoms with E-state index in [9.17, 15) is 9.59 Å².